The van der Waals surface area contributed by atoms with Crippen LogP contribution in [0.2, 0.25) is 0 Å². The van der Waals surface area contributed by atoms with Crippen LogP contribution in [0.4, 0.5) is 0 Å². The third-order valence-corrected chi connectivity index (χ3v) is 5.45. The van der Waals surface area contributed by atoms with Gasteiger partial charge in [0.1, 0.15) is 6.10 Å². The number of hydrogen-bond donors (Lipinski definition) is 3. The molecule has 2 heterocycles. The summed E-state index contributed by atoms with van der Waals surface area (Å²) >= 11 is 0. The van der Waals surface area contributed by atoms with Crippen LogP contribution in [-0.2, 0) is 14.3 Å². The highest BCUT2D eigenvalue weighted by Gasteiger charge is 2.48. The zero-order valence-corrected chi connectivity index (χ0v) is 15.6. The molecule has 2 rings (SSSR count). The molecule has 0 radical (unpaired) electrons. The van der Waals surface area contributed by atoms with Crippen molar-refractivity contribution in [3.63, 3.8) is 0 Å². The first-order valence-corrected chi connectivity index (χ1v) is 9.25. The van der Waals surface area contributed by atoms with Crippen LogP contribution in [0.15, 0.2) is 11.6 Å². The van der Waals surface area contributed by atoms with E-state index in [1.165, 1.54) is 0 Å². The number of rotatable bonds is 8. The number of aliphatic hydroxyl groups is 3. The standard InChI is InChI=1S/C19H32O6/c1-5-14(21)6-10(2)7-15-18(23)17(22)13(9-24-15)8-16-19(25-16)11(3)12(4)20/h6,11-13,15-20,22-23H,5,7-9H2,1-4H3/t11-,12-,13-,15-,16-,17+,18-,19-/m0/s1. The second-order valence-electron chi connectivity index (χ2n) is 7.60. The molecule has 2 aliphatic heterocycles. The summed E-state index contributed by atoms with van der Waals surface area (Å²) in [6, 6.07) is 0. The van der Waals surface area contributed by atoms with Crippen molar-refractivity contribution in [1.29, 1.82) is 0 Å². The predicted octanol–water partition coefficient (Wildman–Crippen LogP) is 1.21. The second kappa shape index (κ2) is 8.73. The van der Waals surface area contributed by atoms with Crippen molar-refractivity contribution in [3.8, 4) is 0 Å². The summed E-state index contributed by atoms with van der Waals surface area (Å²) in [4.78, 5) is 11.5. The molecular formula is C19H32O6. The zero-order chi connectivity index (χ0) is 18.7. The summed E-state index contributed by atoms with van der Waals surface area (Å²) in [6.07, 6.45) is 0.280. The van der Waals surface area contributed by atoms with E-state index in [4.69, 9.17) is 9.47 Å². The molecule has 25 heavy (non-hydrogen) atoms. The smallest absolute Gasteiger partial charge is 0.155 e. The minimum Gasteiger partial charge on any atom is -0.393 e. The Hall–Kier alpha value is -0.790. The van der Waals surface area contributed by atoms with E-state index < -0.39 is 24.4 Å². The molecule has 0 aromatic heterocycles. The van der Waals surface area contributed by atoms with Crippen molar-refractivity contribution >= 4 is 5.78 Å². The minimum atomic E-state index is -0.981. The molecule has 2 aliphatic rings. The Kier molecular flexibility index (Phi) is 7.17. The first-order chi connectivity index (χ1) is 11.7. The van der Waals surface area contributed by atoms with Crippen LogP contribution in [-0.4, -0.2) is 64.3 Å². The number of ether oxygens (including phenoxy) is 2. The highest BCUT2D eigenvalue weighted by molar-refractivity contribution is 5.89. The average molecular weight is 356 g/mol. The van der Waals surface area contributed by atoms with Crippen LogP contribution < -0.4 is 0 Å². The van der Waals surface area contributed by atoms with Gasteiger partial charge in [-0.2, -0.15) is 0 Å². The lowest BCUT2D eigenvalue weighted by Gasteiger charge is -2.38. The molecule has 0 aromatic carbocycles. The number of epoxide rings is 1. The van der Waals surface area contributed by atoms with Gasteiger partial charge in [-0.1, -0.05) is 19.4 Å². The third-order valence-electron chi connectivity index (χ3n) is 5.45. The third kappa shape index (κ3) is 5.34. The highest BCUT2D eigenvalue weighted by atomic mass is 16.6. The van der Waals surface area contributed by atoms with E-state index in [2.05, 4.69) is 0 Å². The van der Waals surface area contributed by atoms with Gasteiger partial charge in [0.25, 0.3) is 0 Å². The van der Waals surface area contributed by atoms with Gasteiger partial charge >= 0.3 is 0 Å². The highest BCUT2D eigenvalue weighted by Crippen LogP contribution is 2.38. The maximum atomic E-state index is 11.5. The Bertz CT molecular complexity index is 488. The van der Waals surface area contributed by atoms with Crippen LogP contribution in [0.1, 0.15) is 47.0 Å². The maximum absolute atomic E-state index is 11.5. The zero-order valence-electron chi connectivity index (χ0n) is 15.6. The van der Waals surface area contributed by atoms with Gasteiger partial charge in [-0.15, -0.1) is 0 Å². The van der Waals surface area contributed by atoms with Crippen molar-refractivity contribution in [3.05, 3.63) is 11.6 Å². The molecule has 8 atom stereocenters. The molecule has 6 nitrogen and oxygen atoms in total. The first-order valence-electron chi connectivity index (χ1n) is 9.25. The lowest BCUT2D eigenvalue weighted by Crippen LogP contribution is -2.50. The molecule has 6 heteroatoms. The van der Waals surface area contributed by atoms with Crippen molar-refractivity contribution in [1.82, 2.24) is 0 Å². The summed E-state index contributed by atoms with van der Waals surface area (Å²) in [7, 11) is 0. The fourth-order valence-corrected chi connectivity index (χ4v) is 3.46. The van der Waals surface area contributed by atoms with E-state index in [9.17, 15) is 20.1 Å². The second-order valence-corrected chi connectivity index (χ2v) is 7.60. The number of carbonyl (C=O) groups is 1. The number of allylic oxidation sites excluding steroid dienone is 1. The molecule has 0 aromatic rings. The monoisotopic (exact) mass is 356 g/mol. The average Bonchev–Trinajstić information content (AvgIpc) is 3.32. The van der Waals surface area contributed by atoms with E-state index in [0.29, 0.717) is 25.9 Å². The summed E-state index contributed by atoms with van der Waals surface area (Å²) in [5.41, 5.74) is 0.845. The quantitative estimate of drug-likeness (QED) is 0.447. The van der Waals surface area contributed by atoms with Crippen LogP contribution in [0.3, 0.4) is 0 Å². The fourth-order valence-electron chi connectivity index (χ4n) is 3.46. The van der Waals surface area contributed by atoms with Crippen LogP contribution in [0.25, 0.3) is 0 Å². The Morgan fingerprint density at radius 2 is 1.92 bits per heavy atom. The molecule has 2 fully saturated rings. The Labute approximate surface area is 149 Å². The Balaban J connectivity index is 1.84. The minimum absolute atomic E-state index is 0.000377. The van der Waals surface area contributed by atoms with Gasteiger partial charge in [0, 0.05) is 18.3 Å². The molecule has 2 saturated heterocycles. The summed E-state index contributed by atoms with van der Waals surface area (Å²) in [5, 5.41) is 30.4. The van der Waals surface area contributed by atoms with Gasteiger partial charge in [-0.05, 0) is 32.8 Å². The SMILES string of the molecule is CCC(=O)C=C(C)C[C@@H]1OC[C@H](C[C@@H]2O[C@H]2[C@@H](C)[C@H](C)O)[C@@H](O)[C@H]1O. The van der Waals surface area contributed by atoms with E-state index in [1.807, 2.05) is 13.8 Å². The molecule has 0 spiro atoms. The number of carbonyl (C=O) groups excluding carboxylic acids is 1. The Morgan fingerprint density at radius 1 is 1.24 bits per heavy atom. The molecule has 0 bridgehead atoms. The Morgan fingerprint density at radius 3 is 2.52 bits per heavy atom. The van der Waals surface area contributed by atoms with Gasteiger partial charge in [-0.25, -0.2) is 0 Å². The number of hydrogen-bond acceptors (Lipinski definition) is 6. The summed E-state index contributed by atoms with van der Waals surface area (Å²) < 4.78 is 11.4. The van der Waals surface area contributed by atoms with E-state index >= 15 is 0 Å². The van der Waals surface area contributed by atoms with Crippen LogP contribution >= 0.6 is 0 Å². The van der Waals surface area contributed by atoms with Gasteiger partial charge in [0.15, 0.2) is 5.78 Å². The van der Waals surface area contributed by atoms with Crippen molar-refractivity contribution in [2.75, 3.05) is 6.61 Å². The van der Waals surface area contributed by atoms with Crippen LogP contribution in [0, 0.1) is 11.8 Å². The molecular weight excluding hydrogens is 324 g/mol. The van der Waals surface area contributed by atoms with Gasteiger partial charge in [-0.3, -0.25) is 4.79 Å². The molecule has 0 unspecified atom stereocenters. The first kappa shape index (κ1) is 20.5. The van der Waals surface area contributed by atoms with Gasteiger partial charge < -0.3 is 24.8 Å². The normalized spacial score (nSPS) is 38.3. The molecule has 0 aliphatic carbocycles. The van der Waals surface area contributed by atoms with E-state index in [-0.39, 0.29) is 29.8 Å². The lowest BCUT2D eigenvalue weighted by atomic mass is 9.85. The number of ketones is 1. The molecule has 0 amide bonds. The summed E-state index contributed by atoms with van der Waals surface area (Å²) in [6.45, 7) is 7.68. The maximum Gasteiger partial charge on any atom is 0.155 e. The van der Waals surface area contributed by atoms with E-state index in [0.717, 1.165) is 5.57 Å². The number of aliphatic hydroxyl groups excluding tert-OH is 3. The topological polar surface area (TPSA) is 99.5 Å². The van der Waals surface area contributed by atoms with Crippen molar-refractivity contribution in [2.45, 2.75) is 83.6 Å². The lowest BCUT2D eigenvalue weighted by molar-refractivity contribution is -0.165. The van der Waals surface area contributed by atoms with Gasteiger partial charge in [0.05, 0.1) is 37.1 Å². The van der Waals surface area contributed by atoms with Gasteiger partial charge in [0.2, 0.25) is 0 Å². The predicted molar refractivity (Wildman–Crippen MR) is 93.0 cm³/mol. The summed E-state index contributed by atoms with van der Waals surface area (Å²) in [5.74, 6) is -0.0948. The van der Waals surface area contributed by atoms with E-state index in [1.54, 1.807) is 19.9 Å². The largest absolute Gasteiger partial charge is 0.393 e. The molecule has 144 valence electrons. The fraction of sp³-hybridized carbons (Fsp3) is 0.842. The molecule has 3 N–H and O–H groups in total. The van der Waals surface area contributed by atoms with Crippen molar-refractivity contribution < 1.29 is 29.6 Å². The van der Waals surface area contributed by atoms with Crippen LogP contribution in [0.5, 0.6) is 0 Å². The van der Waals surface area contributed by atoms with Crippen molar-refractivity contribution in [2.24, 2.45) is 11.8 Å². The molecule has 0 saturated carbocycles.